The molecule has 6 nitrogen and oxygen atoms in total. The van der Waals surface area contributed by atoms with Crippen LogP contribution in [-0.4, -0.2) is 60.2 Å². The van der Waals surface area contributed by atoms with Gasteiger partial charge in [-0.15, -0.1) is 0 Å². The summed E-state index contributed by atoms with van der Waals surface area (Å²) in [6.07, 6.45) is 1.67. The lowest BCUT2D eigenvalue weighted by Crippen LogP contribution is -2.56. The summed E-state index contributed by atoms with van der Waals surface area (Å²) in [4.78, 5) is 28.6. The minimum atomic E-state index is -0.528. The molecule has 0 saturated carbocycles. The maximum absolute atomic E-state index is 12.9. The second-order valence-corrected chi connectivity index (χ2v) is 7.81. The fraction of sp³-hybridized carbons (Fsp3) is 0.524. The zero-order chi connectivity index (χ0) is 20.2. The second-order valence-electron chi connectivity index (χ2n) is 7.81. The molecule has 0 N–H and O–H groups in total. The van der Waals surface area contributed by atoms with Crippen molar-refractivity contribution in [2.75, 3.05) is 26.7 Å². The van der Waals surface area contributed by atoms with Gasteiger partial charge in [0.15, 0.2) is 0 Å². The molecule has 1 aromatic carbocycles. The third-order valence-corrected chi connectivity index (χ3v) is 4.48. The molecule has 0 aliphatic carbocycles. The number of carbonyl (C=O) groups is 2. The van der Waals surface area contributed by atoms with Crippen LogP contribution in [0.15, 0.2) is 24.8 Å². The Hall–Kier alpha value is -2.50. The molecule has 1 aliphatic heterocycles. The number of benzene rings is 1. The smallest absolute Gasteiger partial charge is 0.410 e. The number of amides is 2. The van der Waals surface area contributed by atoms with Crippen molar-refractivity contribution >= 4 is 18.1 Å². The highest BCUT2D eigenvalue weighted by atomic mass is 16.6. The number of ether oxygens (including phenoxy) is 2. The first-order valence-corrected chi connectivity index (χ1v) is 9.21. The molecule has 1 saturated heterocycles. The summed E-state index contributed by atoms with van der Waals surface area (Å²) in [6, 6.07) is 5.60. The molecule has 0 aromatic heterocycles. The fourth-order valence-corrected chi connectivity index (χ4v) is 3.15. The minimum Gasteiger partial charge on any atom is -0.496 e. The first-order valence-electron chi connectivity index (χ1n) is 9.21. The molecule has 1 heterocycles. The van der Waals surface area contributed by atoms with E-state index >= 15 is 0 Å². The predicted molar refractivity (Wildman–Crippen MR) is 106 cm³/mol. The minimum absolute atomic E-state index is 0.0193. The highest BCUT2D eigenvalue weighted by Gasteiger charge is 2.32. The molecule has 2 rings (SSSR count). The number of rotatable bonds is 4. The van der Waals surface area contributed by atoms with Gasteiger partial charge in [0.2, 0.25) is 5.91 Å². The molecular formula is C21H30N2O4. The van der Waals surface area contributed by atoms with Crippen LogP contribution < -0.4 is 4.74 Å². The molecule has 1 atom stereocenters. The standard InChI is InChI=1S/C21H30N2O4/c1-7-16-8-9-18(26-6)17(12-16)13-19(24)23-11-10-22(14-15(23)2)20(25)27-21(3,4)5/h7-9,12,15H,1,10-11,13-14H2,2-6H3/t15-/m0/s1. The molecule has 148 valence electrons. The summed E-state index contributed by atoms with van der Waals surface area (Å²) in [5.41, 5.74) is 1.25. The molecular weight excluding hydrogens is 344 g/mol. The van der Waals surface area contributed by atoms with Crippen molar-refractivity contribution in [2.24, 2.45) is 0 Å². The van der Waals surface area contributed by atoms with E-state index in [2.05, 4.69) is 6.58 Å². The average Bonchev–Trinajstić information content (AvgIpc) is 2.59. The Kier molecular flexibility index (Phi) is 6.52. The SMILES string of the molecule is C=Cc1ccc(OC)c(CC(=O)N2CCN(C(=O)OC(C)(C)C)C[C@@H]2C)c1. The van der Waals surface area contributed by atoms with Crippen LogP contribution in [0.4, 0.5) is 4.79 Å². The van der Waals surface area contributed by atoms with Crippen molar-refractivity contribution in [3.8, 4) is 5.75 Å². The van der Waals surface area contributed by atoms with E-state index in [9.17, 15) is 9.59 Å². The third-order valence-electron chi connectivity index (χ3n) is 4.48. The molecule has 0 bridgehead atoms. The van der Waals surface area contributed by atoms with E-state index in [0.29, 0.717) is 25.4 Å². The van der Waals surface area contributed by atoms with Crippen molar-refractivity contribution in [3.05, 3.63) is 35.9 Å². The largest absolute Gasteiger partial charge is 0.496 e. The molecule has 1 aromatic rings. The first-order chi connectivity index (χ1) is 12.6. The van der Waals surface area contributed by atoms with Crippen LogP contribution in [-0.2, 0) is 16.0 Å². The third kappa shape index (κ3) is 5.49. The van der Waals surface area contributed by atoms with Crippen LogP contribution in [0.25, 0.3) is 6.08 Å². The zero-order valence-electron chi connectivity index (χ0n) is 16.9. The molecule has 6 heteroatoms. The summed E-state index contributed by atoms with van der Waals surface area (Å²) in [5.74, 6) is 0.708. The quantitative estimate of drug-likeness (QED) is 0.811. The molecule has 2 amide bonds. The van der Waals surface area contributed by atoms with Crippen molar-refractivity contribution < 1.29 is 19.1 Å². The Labute approximate surface area is 161 Å². The number of hydrogen-bond acceptors (Lipinski definition) is 4. The van der Waals surface area contributed by atoms with Crippen LogP contribution in [0, 0.1) is 0 Å². The highest BCUT2D eigenvalue weighted by Crippen LogP contribution is 2.23. The molecule has 1 fully saturated rings. The Morgan fingerprint density at radius 2 is 2.00 bits per heavy atom. The van der Waals surface area contributed by atoms with Gasteiger partial charge in [0, 0.05) is 31.2 Å². The topological polar surface area (TPSA) is 59.1 Å². The van der Waals surface area contributed by atoms with Crippen LogP contribution >= 0.6 is 0 Å². The summed E-state index contributed by atoms with van der Waals surface area (Å²) in [7, 11) is 1.60. The number of nitrogens with zero attached hydrogens (tertiary/aromatic N) is 2. The normalized spacial score (nSPS) is 17.4. The van der Waals surface area contributed by atoms with Gasteiger partial charge in [0.05, 0.1) is 13.5 Å². The number of carbonyl (C=O) groups excluding carboxylic acids is 2. The van der Waals surface area contributed by atoms with Crippen molar-refractivity contribution in [1.82, 2.24) is 9.80 Å². The first kappa shape index (κ1) is 20.8. The second kappa shape index (κ2) is 8.46. The Balaban J connectivity index is 2.03. The monoisotopic (exact) mass is 374 g/mol. The summed E-state index contributed by atoms with van der Waals surface area (Å²) in [5, 5.41) is 0. The van der Waals surface area contributed by atoms with Gasteiger partial charge in [-0.3, -0.25) is 4.79 Å². The number of methoxy groups -OCH3 is 1. The van der Waals surface area contributed by atoms with Gasteiger partial charge < -0.3 is 19.3 Å². The molecule has 0 radical (unpaired) electrons. The van der Waals surface area contributed by atoms with E-state index in [1.54, 1.807) is 18.1 Å². The lowest BCUT2D eigenvalue weighted by Gasteiger charge is -2.40. The van der Waals surface area contributed by atoms with Crippen LogP contribution in [0.5, 0.6) is 5.75 Å². The average molecular weight is 374 g/mol. The summed E-state index contributed by atoms with van der Waals surface area (Å²) in [6.45, 7) is 12.7. The van der Waals surface area contributed by atoms with Gasteiger partial charge in [-0.05, 0) is 45.4 Å². The maximum atomic E-state index is 12.9. The van der Waals surface area contributed by atoms with Crippen molar-refractivity contribution in [3.63, 3.8) is 0 Å². The van der Waals surface area contributed by atoms with E-state index in [1.165, 1.54) is 0 Å². The summed E-state index contributed by atoms with van der Waals surface area (Å²) >= 11 is 0. The molecule has 27 heavy (non-hydrogen) atoms. The van der Waals surface area contributed by atoms with Crippen molar-refractivity contribution in [1.29, 1.82) is 0 Å². The number of piperazine rings is 1. The number of hydrogen-bond donors (Lipinski definition) is 0. The lowest BCUT2D eigenvalue weighted by atomic mass is 10.0. The van der Waals surface area contributed by atoms with Gasteiger partial charge in [0.25, 0.3) is 0 Å². The van der Waals surface area contributed by atoms with Crippen LogP contribution in [0.2, 0.25) is 0 Å². The van der Waals surface area contributed by atoms with Gasteiger partial charge in [-0.1, -0.05) is 18.7 Å². The summed E-state index contributed by atoms with van der Waals surface area (Å²) < 4.78 is 10.8. The Bertz CT molecular complexity index is 709. The van der Waals surface area contributed by atoms with Crippen LogP contribution in [0.3, 0.4) is 0 Å². The Morgan fingerprint density at radius 3 is 2.56 bits per heavy atom. The molecule has 1 aliphatic rings. The van der Waals surface area contributed by atoms with E-state index in [4.69, 9.17) is 9.47 Å². The maximum Gasteiger partial charge on any atom is 0.410 e. The van der Waals surface area contributed by atoms with E-state index in [0.717, 1.165) is 11.1 Å². The predicted octanol–water partition coefficient (Wildman–Crippen LogP) is 3.35. The molecule has 0 spiro atoms. The van der Waals surface area contributed by atoms with Crippen LogP contribution in [0.1, 0.15) is 38.8 Å². The van der Waals surface area contributed by atoms with Crippen molar-refractivity contribution in [2.45, 2.75) is 45.8 Å². The van der Waals surface area contributed by atoms with E-state index in [-0.39, 0.29) is 24.5 Å². The van der Waals surface area contributed by atoms with Gasteiger partial charge in [-0.25, -0.2) is 4.79 Å². The van der Waals surface area contributed by atoms with Gasteiger partial charge >= 0.3 is 6.09 Å². The zero-order valence-corrected chi connectivity index (χ0v) is 16.9. The lowest BCUT2D eigenvalue weighted by molar-refractivity contribution is -0.134. The highest BCUT2D eigenvalue weighted by molar-refractivity contribution is 5.80. The van der Waals surface area contributed by atoms with E-state index < -0.39 is 5.60 Å². The van der Waals surface area contributed by atoms with Gasteiger partial charge in [-0.2, -0.15) is 0 Å². The Morgan fingerprint density at radius 1 is 1.30 bits per heavy atom. The fourth-order valence-electron chi connectivity index (χ4n) is 3.15. The van der Waals surface area contributed by atoms with E-state index in [1.807, 2.05) is 50.8 Å². The van der Waals surface area contributed by atoms with Gasteiger partial charge in [0.1, 0.15) is 11.4 Å². The molecule has 0 unspecified atom stereocenters.